The van der Waals surface area contributed by atoms with E-state index in [9.17, 15) is 0 Å². The molecular formula is C15H17NO. The lowest BCUT2D eigenvalue weighted by atomic mass is 10.1. The first-order valence-corrected chi connectivity index (χ1v) is 5.99. The van der Waals surface area contributed by atoms with E-state index in [0.29, 0.717) is 0 Å². The summed E-state index contributed by atoms with van der Waals surface area (Å²) in [5.74, 6) is 0.843. The number of hydrogen-bond acceptors (Lipinski definition) is 2. The van der Waals surface area contributed by atoms with Crippen LogP contribution in [0.1, 0.15) is 18.9 Å². The Kier molecular flexibility index (Phi) is 4.14. The number of hydrogen-bond donors (Lipinski definition) is 0. The molecular weight excluding hydrogens is 210 g/mol. The lowest BCUT2D eigenvalue weighted by molar-refractivity contribution is 0.197. The highest BCUT2D eigenvalue weighted by Crippen LogP contribution is 2.14. The van der Waals surface area contributed by atoms with Crippen LogP contribution in [0.3, 0.4) is 0 Å². The second-order valence-corrected chi connectivity index (χ2v) is 4.03. The number of nitrogens with zero attached hydrogens (tertiary/aromatic N) is 1. The first kappa shape index (κ1) is 11.6. The predicted molar refractivity (Wildman–Crippen MR) is 69.1 cm³/mol. The molecule has 2 rings (SSSR count). The van der Waals surface area contributed by atoms with Crippen LogP contribution in [0, 0.1) is 0 Å². The van der Waals surface area contributed by atoms with Crippen LogP contribution in [0.15, 0.2) is 54.9 Å². The van der Waals surface area contributed by atoms with Crippen molar-refractivity contribution >= 4 is 0 Å². The molecule has 1 aromatic heterocycles. The monoisotopic (exact) mass is 227 g/mol. The molecule has 88 valence electrons. The van der Waals surface area contributed by atoms with Gasteiger partial charge < -0.3 is 4.74 Å². The number of ether oxygens (including phenoxy) is 1. The average Bonchev–Trinajstić information content (AvgIpc) is 2.40. The van der Waals surface area contributed by atoms with Gasteiger partial charge in [-0.1, -0.05) is 37.3 Å². The Balaban J connectivity index is 1.98. The summed E-state index contributed by atoms with van der Waals surface area (Å²) in [6.45, 7) is 2.14. The van der Waals surface area contributed by atoms with Crippen LogP contribution in [0.25, 0.3) is 0 Å². The van der Waals surface area contributed by atoms with Gasteiger partial charge in [-0.25, -0.2) is 0 Å². The maximum atomic E-state index is 5.91. The minimum Gasteiger partial charge on any atom is -0.488 e. The third-order valence-corrected chi connectivity index (χ3v) is 2.70. The Morgan fingerprint density at radius 1 is 1.12 bits per heavy atom. The molecule has 0 saturated heterocycles. The lowest BCUT2D eigenvalue weighted by Gasteiger charge is -2.17. The van der Waals surface area contributed by atoms with Gasteiger partial charge in [0.15, 0.2) is 0 Å². The molecule has 0 radical (unpaired) electrons. The van der Waals surface area contributed by atoms with Crippen molar-refractivity contribution in [1.29, 1.82) is 0 Å². The zero-order valence-electron chi connectivity index (χ0n) is 10.0. The Bertz CT molecular complexity index is 386. The van der Waals surface area contributed by atoms with E-state index in [1.54, 1.807) is 12.4 Å². The molecule has 17 heavy (non-hydrogen) atoms. The Hall–Kier alpha value is -1.83. The van der Waals surface area contributed by atoms with Crippen LogP contribution in [0.4, 0.5) is 0 Å². The maximum absolute atomic E-state index is 5.91. The largest absolute Gasteiger partial charge is 0.488 e. The molecule has 0 aliphatic rings. The fourth-order valence-electron chi connectivity index (χ4n) is 1.76. The van der Waals surface area contributed by atoms with E-state index in [1.165, 1.54) is 5.56 Å². The highest BCUT2D eigenvalue weighted by atomic mass is 16.5. The van der Waals surface area contributed by atoms with Crippen molar-refractivity contribution in [2.45, 2.75) is 25.9 Å². The van der Waals surface area contributed by atoms with Crippen molar-refractivity contribution in [3.05, 3.63) is 60.4 Å². The minimum atomic E-state index is 0.210. The van der Waals surface area contributed by atoms with Crippen LogP contribution in [-0.2, 0) is 6.42 Å². The van der Waals surface area contributed by atoms with Gasteiger partial charge in [0.05, 0.1) is 6.20 Å². The second kappa shape index (κ2) is 6.04. The smallest absolute Gasteiger partial charge is 0.138 e. The molecule has 1 heterocycles. The van der Waals surface area contributed by atoms with Gasteiger partial charge in [0.2, 0.25) is 0 Å². The van der Waals surface area contributed by atoms with Crippen LogP contribution in [0.5, 0.6) is 5.75 Å². The molecule has 0 aliphatic carbocycles. The maximum Gasteiger partial charge on any atom is 0.138 e. The molecule has 0 saturated carbocycles. The van der Waals surface area contributed by atoms with Crippen LogP contribution in [0.2, 0.25) is 0 Å². The van der Waals surface area contributed by atoms with E-state index in [0.717, 1.165) is 18.6 Å². The van der Waals surface area contributed by atoms with Crippen LogP contribution in [-0.4, -0.2) is 11.1 Å². The lowest BCUT2D eigenvalue weighted by Crippen LogP contribution is -2.18. The number of pyridine rings is 1. The van der Waals surface area contributed by atoms with E-state index in [1.807, 2.05) is 18.2 Å². The molecule has 0 spiro atoms. The van der Waals surface area contributed by atoms with Crippen molar-refractivity contribution in [3.8, 4) is 5.75 Å². The van der Waals surface area contributed by atoms with E-state index < -0.39 is 0 Å². The van der Waals surface area contributed by atoms with Gasteiger partial charge in [0, 0.05) is 12.6 Å². The highest BCUT2D eigenvalue weighted by molar-refractivity contribution is 5.18. The third kappa shape index (κ3) is 3.59. The van der Waals surface area contributed by atoms with E-state index in [2.05, 4.69) is 36.2 Å². The minimum absolute atomic E-state index is 0.210. The van der Waals surface area contributed by atoms with Gasteiger partial charge in [-0.2, -0.15) is 0 Å². The molecule has 1 aromatic carbocycles. The van der Waals surface area contributed by atoms with Crippen molar-refractivity contribution in [2.75, 3.05) is 0 Å². The third-order valence-electron chi connectivity index (χ3n) is 2.70. The predicted octanol–water partition coefficient (Wildman–Crippen LogP) is 3.48. The fraction of sp³-hybridized carbons (Fsp3) is 0.267. The van der Waals surface area contributed by atoms with E-state index in [4.69, 9.17) is 4.74 Å². The van der Waals surface area contributed by atoms with Crippen molar-refractivity contribution in [3.63, 3.8) is 0 Å². The van der Waals surface area contributed by atoms with Crippen molar-refractivity contribution < 1.29 is 4.74 Å². The van der Waals surface area contributed by atoms with Crippen LogP contribution >= 0.6 is 0 Å². The summed E-state index contributed by atoms with van der Waals surface area (Å²) in [5.41, 5.74) is 1.31. The van der Waals surface area contributed by atoms with Gasteiger partial charge in [0.25, 0.3) is 0 Å². The number of rotatable bonds is 5. The van der Waals surface area contributed by atoms with Gasteiger partial charge in [-0.3, -0.25) is 4.98 Å². The van der Waals surface area contributed by atoms with Crippen LogP contribution < -0.4 is 4.74 Å². The quantitative estimate of drug-likeness (QED) is 0.780. The summed E-state index contributed by atoms with van der Waals surface area (Å²) >= 11 is 0. The second-order valence-electron chi connectivity index (χ2n) is 4.03. The van der Waals surface area contributed by atoms with Gasteiger partial charge in [-0.15, -0.1) is 0 Å². The summed E-state index contributed by atoms with van der Waals surface area (Å²) in [6, 6.07) is 14.3. The van der Waals surface area contributed by atoms with Gasteiger partial charge >= 0.3 is 0 Å². The van der Waals surface area contributed by atoms with Gasteiger partial charge in [-0.05, 0) is 24.1 Å². The topological polar surface area (TPSA) is 22.1 Å². The molecule has 1 atom stereocenters. The molecule has 0 amide bonds. The van der Waals surface area contributed by atoms with E-state index >= 15 is 0 Å². The molecule has 0 fully saturated rings. The summed E-state index contributed by atoms with van der Waals surface area (Å²) in [6.07, 6.45) is 5.65. The Morgan fingerprint density at radius 2 is 1.94 bits per heavy atom. The Labute approximate surface area is 102 Å². The summed E-state index contributed by atoms with van der Waals surface area (Å²) < 4.78 is 5.91. The molecule has 0 bridgehead atoms. The molecule has 0 N–H and O–H groups in total. The summed E-state index contributed by atoms with van der Waals surface area (Å²) in [5, 5.41) is 0. The summed E-state index contributed by atoms with van der Waals surface area (Å²) in [7, 11) is 0. The standard InChI is InChI=1S/C15H17NO/c1-2-14(11-13-7-4-3-5-8-13)17-15-9-6-10-16-12-15/h3-10,12,14H,2,11H2,1H3. The molecule has 2 heteroatoms. The SMILES string of the molecule is CCC(Cc1ccccc1)Oc1cccnc1. The fourth-order valence-corrected chi connectivity index (χ4v) is 1.76. The normalized spacial score (nSPS) is 12.1. The summed E-state index contributed by atoms with van der Waals surface area (Å²) in [4.78, 5) is 4.05. The van der Waals surface area contributed by atoms with E-state index in [-0.39, 0.29) is 6.10 Å². The zero-order chi connectivity index (χ0) is 11.9. The Morgan fingerprint density at radius 3 is 2.59 bits per heavy atom. The average molecular weight is 227 g/mol. The molecule has 1 unspecified atom stereocenters. The zero-order valence-corrected chi connectivity index (χ0v) is 10.0. The van der Waals surface area contributed by atoms with Crippen molar-refractivity contribution in [2.24, 2.45) is 0 Å². The molecule has 0 aliphatic heterocycles. The number of benzene rings is 1. The first-order chi connectivity index (χ1) is 8.38. The van der Waals surface area contributed by atoms with Gasteiger partial charge in [0.1, 0.15) is 11.9 Å². The highest BCUT2D eigenvalue weighted by Gasteiger charge is 2.08. The molecule has 2 aromatic rings. The number of aromatic nitrogens is 1. The molecule has 2 nitrogen and oxygen atoms in total. The first-order valence-electron chi connectivity index (χ1n) is 5.99. The van der Waals surface area contributed by atoms with Crippen molar-refractivity contribution in [1.82, 2.24) is 4.98 Å².